The topological polar surface area (TPSA) is 127 Å². The highest BCUT2D eigenvalue weighted by molar-refractivity contribution is 6.08. The number of anilines is 1. The highest BCUT2D eigenvalue weighted by Gasteiger charge is 2.17. The van der Waals surface area contributed by atoms with Gasteiger partial charge in [0.15, 0.2) is 6.29 Å². The van der Waals surface area contributed by atoms with Crippen molar-refractivity contribution in [1.82, 2.24) is 24.1 Å². The molecular formula is C25H24N6O4. The standard InChI is InChI=1S/C25H24N6O4/c1-15-5-3-6-17(27-15)13-31-20-8-4-7-19(24(20)16(2)29-31)28-25(34)21-12-26-22-11-18(9-10-30(21)22)35-14-23(32)33/h3-12,23,32-33H,13-14H2,1-2H3,(H,28,34). The summed E-state index contributed by atoms with van der Waals surface area (Å²) < 4.78 is 8.81. The Bertz CT molecular complexity index is 1540. The number of aryl methyl sites for hydroxylation is 2. The van der Waals surface area contributed by atoms with Crippen LogP contribution in [0.25, 0.3) is 16.6 Å². The molecule has 0 aliphatic heterocycles. The van der Waals surface area contributed by atoms with Crippen LogP contribution in [0.15, 0.2) is 60.9 Å². The Morgan fingerprint density at radius 3 is 2.77 bits per heavy atom. The first-order valence-corrected chi connectivity index (χ1v) is 11.0. The lowest BCUT2D eigenvalue weighted by Crippen LogP contribution is -2.16. The molecule has 0 saturated heterocycles. The maximum absolute atomic E-state index is 13.2. The van der Waals surface area contributed by atoms with Gasteiger partial charge in [0, 0.05) is 23.3 Å². The molecule has 0 unspecified atom stereocenters. The number of carbonyl (C=O) groups is 1. The van der Waals surface area contributed by atoms with Crippen molar-refractivity contribution in [3.8, 4) is 5.75 Å². The van der Waals surface area contributed by atoms with Gasteiger partial charge in [-0.1, -0.05) is 12.1 Å². The first-order valence-electron chi connectivity index (χ1n) is 11.0. The van der Waals surface area contributed by atoms with Crippen LogP contribution in [0.2, 0.25) is 0 Å². The van der Waals surface area contributed by atoms with E-state index in [1.807, 2.05) is 54.9 Å². The van der Waals surface area contributed by atoms with Gasteiger partial charge in [0.2, 0.25) is 0 Å². The van der Waals surface area contributed by atoms with Crippen molar-refractivity contribution in [2.24, 2.45) is 0 Å². The predicted octanol–water partition coefficient (Wildman–Crippen LogP) is 2.69. The van der Waals surface area contributed by atoms with E-state index < -0.39 is 6.29 Å². The summed E-state index contributed by atoms with van der Waals surface area (Å²) in [6, 6.07) is 14.8. The van der Waals surface area contributed by atoms with E-state index in [1.165, 1.54) is 6.20 Å². The summed E-state index contributed by atoms with van der Waals surface area (Å²) in [6.07, 6.45) is 1.56. The summed E-state index contributed by atoms with van der Waals surface area (Å²) in [5.74, 6) is 0.0935. The maximum atomic E-state index is 13.2. The number of pyridine rings is 2. The van der Waals surface area contributed by atoms with Gasteiger partial charge in [-0.3, -0.25) is 18.9 Å². The molecule has 1 aromatic carbocycles. The molecule has 178 valence electrons. The molecule has 0 bridgehead atoms. The summed E-state index contributed by atoms with van der Waals surface area (Å²) in [6.45, 7) is 4.13. The van der Waals surface area contributed by atoms with Crippen molar-refractivity contribution in [2.75, 3.05) is 11.9 Å². The lowest BCUT2D eigenvalue weighted by atomic mass is 10.1. The molecule has 0 spiro atoms. The molecule has 0 atom stereocenters. The summed E-state index contributed by atoms with van der Waals surface area (Å²) in [5, 5.41) is 26.5. The number of amides is 1. The molecule has 0 fully saturated rings. The second-order valence-electron chi connectivity index (χ2n) is 8.19. The number of ether oxygens (including phenoxy) is 1. The Morgan fingerprint density at radius 2 is 1.97 bits per heavy atom. The quantitative estimate of drug-likeness (QED) is 0.311. The van der Waals surface area contributed by atoms with Crippen LogP contribution < -0.4 is 10.1 Å². The van der Waals surface area contributed by atoms with E-state index in [1.54, 1.807) is 22.7 Å². The molecule has 1 amide bonds. The van der Waals surface area contributed by atoms with E-state index in [2.05, 4.69) is 15.3 Å². The number of hydrogen-bond donors (Lipinski definition) is 3. The Hall–Kier alpha value is -4.28. The van der Waals surface area contributed by atoms with Crippen LogP contribution in [-0.4, -0.2) is 53.2 Å². The summed E-state index contributed by atoms with van der Waals surface area (Å²) in [4.78, 5) is 22.0. The van der Waals surface area contributed by atoms with Crippen LogP contribution in [0, 0.1) is 13.8 Å². The van der Waals surface area contributed by atoms with Gasteiger partial charge in [0.05, 0.1) is 35.3 Å². The number of aromatic nitrogens is 5. The molecule has 10 nitrogen and oxygen atoms in total. The van der Waals surface area contributed by atoms with Gasteiger partial charge in [-0.15, -0.1) is 0 Å². The third-order valence-corrected chi connectivity index (χ3v) is 5.58. The second kappa shape index (κ2) is 9.16. The fourth-order valence-corrected chi connectivity index (χ4v) is 4.06. The normalized spacial score (nSPS) is 11.5. The molecule has 5 aromatic rings. The maximum Gasteiger partial charge on any atom is 0.274 e. The number of nitrogens with zero attached hydrogens (tertiary/aromatic N) is 5. The number of aliphatic hydroxyl groups is 2. The Labute approximate surface area is 200 Å². The zero-order chi connectivity index (χ0) is 24.5. The smallest absolute Gasteiger partial charge is 0.274 e. The number of imidazole rings is 1. The first kappa shape index (κ1) is 22.5. The number of carbonyl (C=O) groups excluding carboxylic acids is 1. The highest BCUT2D eigenvalue weighted by Crippen LogP contribution is 2.28. The van der Waals surface area contributed by atoms with E-state index >= 15 is 0 Å². The molecular weight excluding hydrogens is 448 g/mol. The van der Waals surface area contributed by atoms with E-state index in [0.29, 0.717) is 29.3 Å². The van der Waals surface area contributed by atoms with Crippen LogP contribution in [0.3, 0.4) is 0 Å². The van der Waals surface area contributed by atoms with Gasteiger partial charge in [-0.05, 0) is 44.2 Å². The molecule has 3 N–H and O–H groups in total. The van der Waals surface area contributed by atoms with Crippen LogP contribution in [0.5, 0.6) is 5.75 Å². The van der Waals surface area contributed by atoms with Crippen LogP contribution in [-0.2, 0) is 6.54 Å². The van der Waals surface area contributed by atoms with Crippen molar-refractivity contribution in [1.29, 1.82) is 0 Å². The second-order valence-corrected chi connectivity index (χ2v) is 8.19. The SMILES string of the molecule is Cc1cccc(Cn2nc(C)c3c(NC(=O)c4cnc5cc(OCC(O)O)ccn45)cccc32)n1. The summed E-state index contributed by atoms with van der Waals surface area (Å²) in [7, 11) is 0. The van der Waals surface area contributed by atoms with E-state index in [0.717, 1.165) is 28.0 Å². The lowest BCUT2D eigenvalue weighted by Gasteiger charge is -2.09. The van der Waals surface area contributed by atoms with Crippen molar-refractivity contribution >= 4 is 28.1 Å². The van der Waals surface area contributed by atoms with Gasteiger partial charge < -0.3 is 20.3 Å². The van der Waals surface area contributed by atoms with Gasteiger partial charge in [-0.2, -0.15) is 5.10 Å². The van der Waals surface area contributed by atoms with Gasteiger partial charge in [-0.25, -0.2) is 4.98 Å². The predicted molar refractivity (Wildman–Crippen MR) is 129 cm³/mol. The minimum atomic E-state index is -1.57. The van der Waals surface area contributed by atoms with Gasteiger partial charge in [0.25, 0.3) is 5.91 Å². The van der Waals surface area contributed by atoms with E-state index in [4.69, 9.17) is 20.0 Å². The molecule has 0 radical (unpaired) electrons. The zero-order valence-electron chi connectivity index (χ0n) is 19.2. The largest absolute Gasteiger partial charge is 0.488 e. The summed E-state index contributed by atoms with van der Waals surface area (Å²) >= 11 is 0. The molecule has 0 aliphatic carbocycles. The average molecular weight is 473 g/mol. The minimum Gasteiger partial charge on any atom is -0.488 e. The molecule has 0 aliphatic rings. The van der Waals surface area contributed by atoms with Crippen LogP contribution in [0.1, 0.15) is 27.6 Å². The number of aliphatic hydroxyl groups excluding tert-OH is 1. The minimum absolute atomic E-state index is 0.263. The summed E-state index contributed by atoms with van der Waals surface area (Å²) in [5.41, 5.74) is 5.05. The van der Waals surface area contributed by atoms with Gasteiger partial charge >= 0.3 is 0 Å². The highest BCUT2D eigenvalue weighted by atomic mass is 16.5. The number of nitrogens with one attached hydrogen (secondary N) is 1. The van der Waals surface area contributed by atoms with Crippen molar-refractivity contribution < 1.29 is 19.7 Å². The molecule has 5 rings (SSSR count). The van der Waals surface area contributed by atoms with Gasteiger partial charge in [0.1, 0.15) is 23.7 Å². The Balaban J connectivity index is 1.42. The first-order chi connectivity index (χ1) is 16.9. The Kier molecular flexibility index (Phi) is 5.89. The van der Waals surface area contributed by atoms with Crippen molar-refractivity contribution in [3.63, 3.8) is 0 Å². The van der Waals surface area contributed by atoms with Crippen LogP contribution >= 0.6 is 0 Å². The molecule has 35 heavy (non-hydrogen) atoms. The molecule has 10 heteroatoms. The number of benzene rings is 1. The molecule has 0 saturated carbocycles. The number of hydrogen-bond acceptors (Lipinski definition) is 7. The number of rotatable bonds is 7. The van der Waals surface area contributed by atoms with E-state index in [9.17, 15) is 4.79 Å². The van der Waals surface area contributed by atoms with Crippen molar-refractivity contribution in [2.45, 2.75) is 26.7 Å². The fraction of sp³-hybridized carbons (Fsp3) is 0.200. The van der Waals surface area contributed by atoms with Crippen molar-refractivity contribution in [3.05, 3.63) is 83.7 Å². The average Bonchev–Trinajstić information content (AvgIpc) is 3.39. The fourth-order valence-electron chi connectivity index (χ4n) is 4.06. The monoisotopic (exact) mass is 472 g/mol. The van der Waals surface area contributed by atoms with Crippen LogP contribution in [0.4, 0.5) is 5.69 Å². The van der Waals surface area contributed by atoms with E-state index in [-0.39, 0.29) is 12.5 Å². The zero-order valence-corrected chi connectivity index (χ0v) is 19.2. The number of fused-ring (bicyclic) bond motifs is 2. The molecule has 4 aromatic heterocycles. The Morgan fingerprint density at radius 1 is 1.14 bits per heavy atom. The third-order valence-electron chi connectivity index (χ3n) is 5.58. The lowest BCUT2D eigenvalue weighted by molar-refractivity contribution is -0.0680. The molecule has 4 heterocycles. The third kappa shape index (κ3) is 4.57.